The van der Waals surface area contributed by atoms with Gasteiger partial charge in [0.25, 0.3) is 0 Å². The zero-order valence-electron chi connectivity index (χ0n) is 11.0. The summed E-state index contributed by atoms with van der Waals surface area (Å²) in [5.74, 6) is 1.23. The van der Waals surface area contributed by atoms with Crippen LogP contribution in [-0.2, 0) is 0 Å². The molecule has 2 heterocycles. The van der Waals surface area contributed by atoms with Crippen LogP contribution in [0.25, 0.3) is 10.9 Å². The molecule has 1 fully saturated rings. The van der Waals surface area contributed by atoms with Gasteiger partial charge in [-0.1, -0.05) is 6.92 Å². The molecule has 0 amide bonds. The molecule has 1 aliphatic heterocycles. The Bertz CT molecular complexity index is 601. The zero-order chi connectivity index (χ0) is 13.4. The molecule has 0 bridgehead atoms. The number of piperidine rings is 1. The van der Waals surface area contributed by atoms with Gasteiger partial charge in [-0.3, -0.25) is 0 Å². The third-order valence-corrected chi connectivity index (χ3v) is 3.86. The van der Waals surface area contributed by atoms with Crippen LogP contribution in [-0.4, -0.2) is 34.3 Å². The van der Waals surface area contributed by atoms with Crippen molar-refractivity contribution in [3.05, 3.63) is 24.5 Å². The van der Waals surface area contributed by atoms with Crippen molar-refractivity contribution in [2.45, 2.75) is 19.4 Å². The number of aromatic nitrogens is 2. The number of hydrogen-bond donors (Lipinski definition) is 2. The van der Waals surface area contributed by atoms with Crippen LogP contribution in [0.1, 0.15) is 13.3 Å². The first-order valence-electron chi connectivity index (χ1n) is 6.58. The Morgan fingerprint density at radius 3 is 3.00 bits per heavy atom. The SMILES string of the molecule is CC1CCN(c2ncnc3cc(N)ccc23)CC1O. The predicted octanol–water partition coefficient (Wildman–Crippen LogP) is 1.42. The number of rotatable bonds is 1. The second kappa shape index (κ2) is 4.66. The largest absolute Gasteiger partial charge is 0.399 e. The Hall–Kier alpha value is -1.88. The molecule has 0 radical (unpaired) electrons. The van der Waals surface area contributed by atoms with Crippen molar-refractivity contribution in [1.82, 2.24) is 9.97 Å². The molecule has 3 N–H and O–H groups in total. The summed E-state index contributed by atoms with van der Waals surface area (Å²) < 4.78 is 0. The minimum atomic E-state index is -0.299. The minimum Gasteiger partial charge on any atom is -0.399 e. The maximum Gasteiger partial charge on any atom is 0.139 e. The van der Waals surface area contributed by atoms with E-state index in [2.05, 4.69) is 21.8 Å². The van der Waals surface area contributed by atoms with E-state index < -0.39 is 0 Å². The monoisotopic (exact) mass is 258 g/mol. The van der Waals surface area contributed by atoms with Crippen LogP contribution in [0.2, 0.25) is 0 Å². The smallest absolute Gasteiger partial charge is 0.139 e. The summed E-state index contributed by atoms with van der Waals surface area (Å²) in [6, 6.07) is 5.66. The Balaban J connectivity index is 2.01. The summed E-state index contributed by atoms with van der Waals surface area (Å²) in [5, 5.41) is 11.0. The summed E-state index contributed by atoms with van der Waals surface area (Å²) in [5.41, 5.74) is 7.32. The molecular weight excluding hydrogens is 240 g/mol. The molecule has 5 heteroatoms. The number of nitrogens with two attached hydrogens (primary N) is 1. The highest BCUT2D eigenvalue weighted by molar-refractivity contribution is 5.91. The van der Waals surface area contributed by atoms with Gasteiger partial charge >= 0.3 is 0 Å². The van der Waals surface area contributed by atoms with Crippen LogP contribution < -0.4 is 10.6 Å². The molecule has 19 heavy (non-hydrogen) atoms. The normalized spacial score (nSPS) is 23.8. The molecular formula is C14H18N4O. The Morgan fingerprint density at radius 1 is 1.37 bits per heavy atom. The van der Waals surface area contributed by atoms with Gasteiger partial charge in [-0.15, -0.1) is 0 Å². The van der Waals surface area contributed by atoms with E-state index in [4.69, 9.17) is 5.73 Å². The van der Waals surface area contributed by atoms with Crippen molar-refractivity contribution < 1.29 is 5.11 Å². The molecule has 100 valence electrons. The van der Waals surface area contributed by atoms with Crippen LogP contribution in [0.15, 0.2) is 24.5 Å². The Kier molecular flexibility index (Phi) is 2.98. The van der Waals surface area contributed by atoms with Crippen molar-refractivity contribution in [2.24, 2.45) is 5.92 Å². The lowest BCUT2D eigenvalue weighted by molar-refractivity contribution is 0.103. The second-order valence-corrected chi connectivity index (χ2v) is 5.25. The van der Waals surface area contributed by atoms with Gasteiger partial charge in [0.15, 0.2) is 0 Å². The lowest BCUT2D eigenvalue weighted by Gasteiger charge is -2.35. The molecule has 1 aliphatic rings. The molecule has 0 spiro atoms. The van der Waals surface area contributed by atoms with Gasteiger partial charge in [0.05, 0.1) is 11.6 Å². The van der Waals surface area contributed by atoms with Gasteiger partial charge in [0.2, 0.25) is 0 Å². The number of β-amino-alcohol motifs (C(OH)–C–C–N with tert-alkyl or cyclic N) is 1. The van der Waals surface area contributed by atoms with Crippen molar-refractivity contribution in [3.8, 4) is 0 Å². The quantitative estimate of drug-likeness (QED) is 0.757. The fraction of sp³-hybridized carbons (Fsp3) is 0.429. The topological polar surface area (TPSA) is 75.3 Å². The van der Waals surface area contributed by atoms with E-state index in [9.17, 15) is 5.11 Å². The van der Waals surface area contributed by atoms with Crippen LogP contribution in [0.3, 0.4) is 0 Å². The zero-order valence-corrected chi connectivity index (χ0v) is 11.0. The Morgan fingerprint density at radius 2 is 2.21 bits per heavy atom. The van der Waals surface area contributed by atoms with E-state index in [0.29, 0.717) is 18.2 Å². The number of nitrogen functional groups attached to an aromatic ring is 1. The van der Waals surface area contributed by atoms with Crippen molar-refractivity contribution in [2.75, 3.05) is 23.7 Å². The molecule has 1 aromatic heterocycles. The van der Waals surface area contributed by atoms with Gasteiger partial charge in [-0.05, 0) is 30.5 Å². The lowest BCUT2D eigenvalue weighted by atomic mass is 9.96. The van der Waals surface area contributed by atoms with Gasteiger partial charge in [-0.2, -0.15) is 0 Å². The number of nitrogens with zero attached hydrogens (tertiary/aromatic N) is 3. The average Bonchev–Trinajstić information content (AvgIpc) is 2.41. The standard InChI is InChI=1S/C14H18N4O/c1-9-4-5-18(7-13(9)19)14-11-3-2-10(15)6-12(11)16-8-17-14/h2-3,6,8-9,13,19H,4-5,7,15H2,1H3. The highest BCUT2D eigenvalue weighted by atomic mass is 16.3. The van der Waals surface area contributed by atoms with E-state index in [0.717, 1.165) is 29.7 Å². The molecule has 0 saturated carbocycles. The maximum absolute atomic E-state index is 10.0. The fourth-order valence-electron chi connectivity index (χ4n) is 2.55. The van der Waals surface area contributed by atoms with E-state index in [1.807, 2.05) is 18.2 Å². The number of fused-ring (bicyclic) bond motifs is 1. The predicted molar refractivity (Wildman–Crippen MR) is 76.0 cm³/mol. The van der Waals surface area contributed by atoms with Crippen molar-refractivity contribution in [1.29, 1.82) is 0 Å². The van der Waals surface area contributed by atoms with Gasteiger partial charge in [-0.25, -0.2) is 9.97 Å². The van der Waals surface area contributed by atoms with Crippen LogP contribution >= 0.6 is 0 Å². The van der Waals surface area contributed by atoms with E-state index in [-0.39, 0.29) is 6.10 Å². The molecule has 2 unspecified atom stereocenters. The van der Waals surface area contributed by atoms with Crippen LogP contribution in [0, 0.1) is 5.92 Å². The van der Waals surface area contributed by atoms with Gasteiger partial charge in [0, 0.05) is 24.2 Å². The summed E-state index contributed by atoms with van der Waals surface area (Å²) in [7, 11) is 0. The summed E-state index contributed by atoms with van der Waals surface area (Å²) >= 11 is 0. The van der Waals surface area contributed by atoms with Crippen molar-refractivity contribution in [3.63, 3.8) is 0 Å². The first kappa shape index (κ1) is 12.2. The maximum atomic E-state index is 10.0. The molecule has 1 saturated heterocycles. The lowest BCUT2D eigenvalue weighted by Crippen LogP contribution is -2.43. The average molecular weight is 258 g/mol. The molecule has 1 aromatic carbocycles. The number of anilines is 2. The van der Waals surface area contributed by atoms with E-state index >= 15 is 0 Å². The van der Waals surface area contributed by atoms with Crippen LogP contribution in [0.4, 0.5) is 11.5 Å². The number of benzene rings is 1. The summed E-state index contributed by atoms with van der Waals surface area (Å²) in [4.78, 5) is 10.8. The number of aliphatic hydroxyl groups is 1. The first-order chi connectivity index (χ1) is 9.15. The second-order valence-electron chi connectivity index (χ2n) is 5.25. The summed E-state index contributed by atoms with van der Waals surface area (Å²) in [6.45, 7) is 3.62. The highest BCUT2D eigenvalue weighted by Crippen LogP contribution is 2.28. The highest BCUT2D eigenvalue weighted by Gasteiger charge is 2.26. The number of aliphatic hydroxyl groups excluding tert-OH is 1. The Labute approximate surface area is 112 Å². The minimum absolute atomic E-state index is 0.299. The molecule has 2 aromatic rings. The van der Waals surface area contributed by atoms with Gasteiger partial charge in [0.1, 0.15) is 12.1 Å². The molecule has 2 atom stereocenters. The molecule has 0 aliphatic carbocycles. The van der Waals surface area contributed by atoms with Gasteiger partial charge < -0.3 is 15.7 Å². The van der Waals surface area contributed by atoms with E-state index in [1.54, 1.807) is 6.33 Å². The summed E-state index contributed by atoms with van der Waals surface area (Å²) in [6.07, 6.45) is 2.23. The molecule has 3 rings (SSSR count). The first-order valence-corrected chi connectivity index (χ1v) is 6.58. The molecule has 5 nitrogen and oxygen atoms in total. The fourth-order valence-corrected chi connectivity index (χ4v) is 2.55. The van der Waals surface area contributed by atoms with Crippen LogP contribution in [0.5, 0.6) is 0 Å². The van der Waals surface area contributed by atoms with E-state index in [1.165, 1.54) is 0 Å². The third kappa shape index (κ3) is 2.21. The third-order valence-electron chi connectivity index (χ3n) is 3.86. The van der Waals surface area contributed by atoms with Crippen molar-refractivity contribution >= 4 is 22.4 Å². The number of hydrogen-bond acceptors (Lipinski definition) is 5.